The number of benzene rings is 1. The maximum Gasteiger partial charge on any atom is 0.274 e. The van der Waals surface area contributed by atoms with Crippen LogP contribution in [0.4, 0.5) is 4.39 Å². The second-order valence-corrected chi connectivity index (χ2v) is 7.75. The number of rotatable bonds is 4. The van der Waals surface area contributed by atoms with Crippen molar-refractivity contribution in [1.29, 1.82) is 0 Å². The van der Waals surface area contributed by atoms with Gasteiger partial charge in [-0.15, -0.1) is 0 Å². The van der Waals surface area contributed by atoms with Crippen molar-refractivity contribution in [3.63, 3.8) is 0 Å². The number of hydrogen-bond donors (Lipinski definition) is 1. The number of amides is 1. The summed E-state index contributed by atoms with van der Waals surface area (Å²) in [5.74, 6) is 0.307. The molecular weight excluding hydrogens is 361 g/mol. The Kier molecular flexibility index (Phi) is 5.10. The third-order valence-corrected chi connectivity index (χ3v) is 5.78. The van der Waals surface area contributed by atoms with Gasteiger partial charge in [-0.1, -0.05) is 6.92 Å². The van der Waals surface area contributed by atoms with Crippen LogP contribution in [-0.4, -0.2) is 52.4 Å². The van der Waals surface area contributed by atoms with Crippen molar-refractivity contribution in [2.24, 2.45) is 0 Å². The maximum absolute atomic E-state index is 13.1. The molecule has 0 aliphatic carbocycles. The van der Waals surface area contributed by atoms with Crippen molar-refractivity contribution in [2.45, 2.75) is 51.2 Å². The van der Waals surface area contributed by atoms with Crippen LogP contribution < -0.4 is 4.74 Å². The van der Waals surface area contributed by atoms with Crippen LogP contribution >= 0.6 is 0 Å². The fourth-order valence-electron chi connectivity index (χ4n) is 4.28. The minimum Gasteiger partial charge on any atom is -0.488 e. The molecule has 1 aromatic heterocycles. The third-order valence-electron chi connectivity index (χ3n) is 5.78. The zero-order valence-electron chi connectivity index (χ0n) is 16.3. The van der Waals surface area contributed by atoms with E-state index >= 15 is 0 Å². The van der Waals surface area contributed by atoms with Crippen molar-refractivity contribution >= 4 is 5.91 Å². The van der Waals surface area contributed by atoms with Gasteiger partial charge in [0.25, 0.3) is 5.91 Å². The van der Waals surface area contributed by atoms with Crippen LogP contribution in [0, 0.1) is 12.7 Å². The highest BCUT2D eigenvalue weighted by molar-refractivity contribution is 5.94. The summed E-state index contributed by atoms with van der Waals surface area (Å²) < 4.78 is 25.2. The molecule has 1 spiro atoms. The second-order valence-electron chi connectivity index (χ2n) is 7.75. The summed E-state index contributed by atoms with van der Waals surface area (Å²) in [5.41, 5.74) is 2.05. The molecule has 0 saturated carbocycles. The van der Waals surface area contributed by atoms with Gasteiger partial charge in [0.05, 0.1) is 18.8 Å². The van der Waals surface area contributed by atoms with Gasteiger partial charge in [0.2, 0.25) is 0 Å². The molecule has 1 aromatic carbocycles. The highest BCUT2D eigenvalue weighted by Gasteiger charge is 2.45. The van der Waals surface area contributed by atoms with E-state index in [1.54, 1.807) is 12.1 Å². The molecule has 2 aromatic rings. The lowest BCUT2D eigenvalue weighted by Crippen LogP contribution is -2.50. The second kappa shape index (κ2) is 7.54. The molecule has 0 unspecified atom stereocenters. The van der Waals surface area contributed by atoms with Crippen LogP contribution in [0.1, 0.15) is 47.9 Å². The number of carbonyl (C=O) groups excluding carboxylic acids is 1. The van der Waals surface area contributed by atoms with E-state index in [1.165, 1.54) is 12.1 Å². The number of aryl methyl sites for hydroxylation is 1. The number of piperidine rings is 1. The van der Waals surface area contributed by atoms with Gasteiger partial charge in [0.15, 0.2) is 5.69 Å². The summed E-state index contributed by atoms with van der Waals surface area (Å²) >= 11 is 0. The number of aromatic amines is 1. The van der Waals surface area contributed by atoms with Crippen LogP contribution in [0.5, 0.6) is 5.75 Å². The fraction of sp³-hybridized carbons (Fsp3) is 0.524. The lowest BCUT2D eigenvalue weighted by molar-refractivity contribution is -0.0454. The Hall–Kier alpha value is -2.41. The minimum atomic E-state index is -0.379. The van der Waals surface area contributed by atoms with Gasteiger partial charge in [-0.05, 0) is 50.5 Å². The molecular formula is C21H26FN3O3. The highest BCUT2D eigenvalue weighted by atomic mass is 19.1. The predicted octanol–water partition coefficient (Wildman–Crippen LogP) is 3.26. The average Bonchev–Trinajstić information content (AvgIpc) is 3.26. The zero-order chi connectivity index (χ0) is 19.7. The number of aromatic nitrogens is 2. The molecule has 6 nitrogen and oxygen atoms in total. The Morgan fingerprint density at radius 2 is 2.21 bits per heavy atom. The van der Waals surface area contributed by atoms with E-state index in [9.17, 15) is 9.18 Å². The summed E-state index contributed by atoms with van der Waals surface area (Å²) in [6, 6.07) is 6.03. The number of halogens is 1. The molecule has 1 N–H and O–H groups in total. The third kappa shape index (κ3) is 3.63. The molecule has 2 atom stereocenters. The Morgan fingerprint density at radius 1 is 1.43 bits per heavy atom. The van der Waals surface area contributed by atoms with Gasteiger partial charge in [0, 0.05) is 24.2 Å². The van der Waals surface area contributed by atoms with E-state index in [-0.39, 0.29) is 23.4 Å². The molecule has 1 amide bonds. The molecule has 4 rings (SSSR count). The minimum absolute atomic E-state index is 0.0426. The standard InChI is InChI=1S/C21H26FN3O3/c1-3-18-14(2)19(24-23-18)20(26)25-10-4-9-21(13-25)11-17(12-27-21)28-16-7-5-15(22)6-8-16/h5-8,17H,3-4,9-13H2,1-2H3,(H,23,24)/t17-,21+/m1/s1. The molecule has 0 radical (unpaired) electrons. The van der Waals surface area contributed by atoms with Crippen molar-refractivity contribution in [2.75, 3.05) is 19.7 Å². The van der Waals surface area contributed by atoms with Crippen LogP contribution in [0.25, 0.3) is 0 Å². The Balaban J connectivity index is 1.42. The first kappa shape index (κ1) is 18.9. The van der Waals surface area contributed by atoms with E-state index in [0.29, 0.717) is 37.6 Å². The number of carbonyl (C=O) groups is 1. The van der Waals surface area contributed by atoms with E-state index in [2.05, 4.69) is 10.2 Å². The molecule has 2 fully saturated rings. The van der Waals surface area contributed by atoms with Crippen molar-refractivity contribution in [3.8, 4) is 5.75 Å². The number of nitrogens with one attached hydrogen (secondary N) is 1. The van der Waals surface area contributed by atoms with Gasteiger partial charge in [-0.2, -0.15) is 5.10 Å². The Morgan fingerprint density at radius 3 is 2.93 bits per heavy atom. The van der Waals surface area contributed by atoms with Crippen LogP contribution in [0.3, 0.4) is 0 Å². The molecule has 0 bridgehead atoms. The lowest BCUT2D eigenvalue weighted by Gasteiger charge is -2.39. The van der Waals surface area contributed by atoms with Crippen LogP contribution in [-0.2, 0) is 11.2 Å². The smallest absolute Gasteiger partial charge is 0.274 e. The zero-order valence-corrected chi connectivity index (χ0v) is 16.3. The monoisotopic (exact) mass is 387 g/mol. The van der Waals surface area contributed by atoms with E-state index in [4.69, 9.17) is 9.47 Å². The normalized spacial score (nSPS) is 24.7. The quantitative estimate of drug-likeness (QED) is 0.874. The summed E-state index contributed by atoms with van der Waals surface area (Å²) in [4.78, 5) is 14.9. The van der Waals surface area contributed by atoms with E-state index in [0.717, 1.165) is 30.5 Å². The molecule has 28 heavy (non-hydrogen) atoms. The number of ether oxygens (including phenoxy) is 2. The van der Waals surface area contributed by atoms with Gasteiger partial charge >= 0.3 is 0 Å². The first-order chi connectivity index (χ1) is 13.5. The number of H-pyrrole nitrogens is 1. The predicted molar refractivity (Wildman–Crippen MR) is 102 cm³/mol. The van der Waals surface area contributed by atoms with Gasteiger partial charge < -0.3 is 14.4 Å². The van der Waals surface area contributed by atoms with E-state index in [1.807, 2.05) is 18.7 Å². The largest absolute Gasteiger partial charge is 0.488 e. The summed E-state index contributed by atoms with van der Waals surface area (Å²) in [6.07, 6.45) is 3.23. The molecule has 7 heteroatoms. The first-order valence-corrected chi connectivity index (χ1v) is 9.89. The summed E-state index contributed by atoms with van der Waals surface area (Å²) in [6.45, 7) is 5.71. The van der Waals surface area contributed by atoms with Crippen LogP contribution in [0.2, 0.25) is 0 Å². The topological polar surface area (TPSA) is 67.5 Å². The van der Waals surface area contributed by atoms with Crippen molar-refractivity contribution < 1.29 is 18.7 Å². The van der Waals surface area contributed by atoms with Gasteiger partial charge in [0.1, 0.15) is 17.7 Å². The molecule has 2 aliphatic heterocycles. The van der Waals surface area contributed by atoms with Gasteiger partial charge in [-0.3, -0.25) is 9.89 Å². The molecule has 150 valence electrons. The number of hydrogen-bond acceptors (Lipinski definition) is 4. The molecule has 3 heterocycles. The van der Waals surface area contributed by atoms with Crippen LogP contribution in [0.15, 0.2) is 24.3 Å². The van der Waals surface area contributed by atoms with E-state index < -0.39 is 0 Å². The first-order valence-electron chi connectivity index (χ1n) is 9.89. The lowest BCUT2D eigenvalue weighted by atomic mass is 9.89. The number of nitrogens with zero attached hydrogens (tertiary/aromatic N) is 2. The number of likely N-dealkylation sites (tertiary alicyclic amines) is 1. The Bertz CT molecular complexity index is 851. The fourth-order valence-corrected chi connectivity index (χ4v) is 4.28. The van der Waals surface area contributed by atoms with Crippen molar-refractivity contribution in [1.82, 2.24) is 15.1 Å². The molecule has 2 saturated heterocycles. The van der Waals surface area contributed by atoms with Crippen molar-refractivity contribution in [3.05, 3.63) is 47.0 Å². The summed E-state index contributed by atoms with van der Waals surface area (Å²) in [7, 11) is 0. The highest BCUT2D eigenvalue weighted by Crippen LogP contribution is 2.36. The molecule has 2 aliphatic rings. The SMILES string of the molecule is CCc1[nH]nc(C(=O)N2CCC[C@]3(C[C@@H](Oc4ccc(F)cc4)CO3)C2)c1C. The average molecular weight is 387 g/mol. The summed E-state index contributed by atoms with van der Waals surface area (Å²) in [5, 5.41) is 7.21. The van der Waals surface area contributed by atoms with Gasteiger partial charge in [-0.25, -0.2) is 4.39 Å². The Labute approximate surface area is 164 Å². The maximum atomic E-state index is 13.1.